The average molecular weight is 402 g/mol. The van der Waals surface area contributed by atoms with Gasteiger partial charge in [-0.25, -0.2) is 4.98 Å². The van der Waals surface area contributed by atoms with Crippen molar-refractivity contribution < 1.29 is 9.59 Å². The number of para-hydroxylation sites is 2. The van der Waals surface area contributed by atoms with Gasteiger partial charge in [0.05, 0.1) is 0 Å². The lowest BCUT2D eigenvalue weighted by Gasteiger charge is -2.24. The van der Waals surface area contributed by atoms with E-state index in [1.54, 1.807) is 28.0 Å². The number of anilines is 2. The molecule has 154 valence electrons. The maximum atomic E-state index is 13.2. The Kier molecular flexibility index (Phi) is 6.62. The number of nitrogens with zero attached hydrogens (tertiary/aromatic N) is 3. The topological polar surface area (TPSA) is 53.5 Å². The average Bonchev–Trinajstić information content (AvgIpc) is 2.77. The van der Waals surface area contributed by atoms with E-state index in [2.05, 4.69) is 4.98 Å². The minimum atomic E-state index is -0.222. The van der Waals surface area contributed by atoms with Crippen molar-refractivity contribution in [1.82, 2.24) is 4.98 Å². The van der Waals surface area contributed by atoms with Crippen molar-refractivity contribution in [1.29, 1.82) is 0 Å². The summed E-state index contributed by atoms with van der Waals surface area (Å²) in [6.45, 7) is 8.81. The van der Waals surface area contributed by atoms with Gasteiger partial charge < -0.3 is 9.80 Å². The lowest BCUT2D eigenvalue weighted by atomic mass is 10.1. The van der Waals surface area contributed by atoms with Gasteiger partial charge in [0, 0.05) is 24.5 Å². The molecule has 0 atom stereocenters. The molecule has 30 heavy (non-hydrogen) atoms. The first-order valence-corrected chi connectivity index (χ1v) is 10.2. The fraction of sp³-hybridized carbons (Fsp3) is 0.240. The van der Waals surface area contributed by atoms with Gasteiger partial charge in [-0.05, 0) is 63.1 Å². The highest BCUT2D eigenvalue weighted by Crippen LogP contribution is 2.23. The molecular formula is C25H27N3O2. The van der Waals surface area contributed by atoms with Crippen LogP contribution < -0.4 is 9.80 Å². The Morgan fingerprint density at radius 3 is 1.43 bits per heavy atom. The predicted octanol–water partition coefficient (Wildman–Crippen LogP) is 5.03. The Bertz CT molecular complexity index is 981. The number of aromatic nitrogens is 1. The Labute approximate surface area is 178 Å². The van der Waals surface area contributed by atoms with Crippen LogP contribution in [0.1, 0.15) is 46.0 Å². The molecule has 5 nitrogen and oxygen atoms in total. The van der Waals surface area contributed by atoms with E-state index >= 15 is 0 Å². The first-order chi connectivity index (χ1) is 14.5. The maximum absolute atomic E-state index is 13.2. The van der Waals surface area contributed by atoms with E-state index in [4.69, 9.17) is 0 Å². The number of benzene rings is 2. The number of aryl methyl sites for hydroxylation is 2. The van der Waals surface area contributed by atoms with Crippen LogP contribution in [0.2, 0.25) is 0 Å². The summed E-state index contributed by atoms with van der Waals surface area (Å²) in [5.41, 5.74) is 4.23. The van der Waals surface area contributed by atoms with Crippen LogP contribution in [0.4, 0.5) is 11.4 Å². The second kappa shape index (κ2) is 9.35. The van der Waals surface area contributed by atoms with Crippen LogP contribution in [-0.2, 0) is 0 Å². The van der Waals surface area contributed by atoms with E-state index in [0.29, 0.717) is 13.1 Å². The SMILES string of the molecule is CCN(C(=O)c1cccc(C(=O)N(CC)c2ccccc2C)n1)c1ccccc1C. The lowest BCUT2D eigenvalue weighted by Crippen LogP contribution is -2.34. The van der Waals surface area contributed by atoms with Gasteiger partial charge >= 0.3 is 0 Å². The predicted molar refractivity (Wildman–Crippen MR) is 121 cm³/mol. The molecule has 0 saturated heterocycles. The van der Waals surface area contributed by atoms with Gasteiger partial charge in [-0.2, -0.15) is 0 Å². The molecule has 5 heteroatoms. The normalized spacial score (nSPS) is 10.5. The minimum absolute atomic E-state index is 0.222. The number of hydrogen-bond acceptors (Lipinski definition) is 3. The third-order valence-electron chi connectivity index (χ3n) is 5.12. The molecule has 0 bridgehead atoms. The molecule has 0 fully saturated rings. The molecule has 2 amide bonds. The van der Waals surface area contributed by atoms with Crippen LogP contribution in [0.15, 0.2) is 66.7 Å². The van der Waals surface area contributed by atoms with E-state index in [0.717, 1.165) is 22.5 Å². The van der Waals surface area contributed by atoms with Gasteiger partial charge in [0.25, 0.3) is 11.8 Å². The second-order valence-electron chi connectivity index (χ2n) is 7.08. The van der Waals surface area contributed by atoms with Crippen LogP contribution in [0, 0.1) is 13.8 Å². The van der Waals surface area contributed by atoms with Gasteiger partial charge in [-0.15, -0.1) is 0 Å². The minimum Gasteiger partial charge on any atom is -0.307 e. The van der Waals surface area contributed by atoms with Gasteiger partial charge in [0.2, 0.25) is 0 Å². The van der Waals surface area contributed by atoms with Crippen LogP contribution in [0.3, 0.4) is 0 Å². The van der Waals surface area contributed by atoms with Crippen molar-refractivity contribution in [3.05, 3.63) is 89.2 Å². The van der Waals surface area contributed by atoms with Crippen LogP contribution >= 0.6 is 0 Å². The molecule has 3 aromatic rings. The maximum Gasteiger partial charge on any atom is 0.276 e. The molecule has 0 N–H and O–H groups in total. The molecule has 0 unspecified atom stereocenters. The summed E-state index contributed by atoms with van der Waals surface area (Å²) in [4.78, 5) is 34.2. The van der Waals surface area contributed by atoms with E-state index in [1.807, 2.05) is 76.2 Å². The third-order valence-corrected chi connectivity index (χ3v) is 5.12. The lowest BCUT2D eigenvalue weighted by molar-refractivity contribution is 0.0979. The van der Waals surface area contributed by atoms with Crippen LogP contribution in [-0.4, -0.2) is 29.9 Å². The largest absolute Gasteiger partial charge is 0.307 e. The number of amides is 2. The first kappa shape index (κ1) is 21.2. The zero-order valence-electron chi connectivity index (χ0n) is 17.9. The molecule has 3 rings (SSSR count). The van der Waals surface area contributed by atoms with Crippen molar-refractivity contribution in [3.8, 4) is 0 Å². The Morgan fingerprint density at radius 2 is 1.07 bits per heavy atom. The molecule has 0 aliphatic carbocycles. The van der Waals surface area contributed by atoms with E-state index in [-0.39, 0.29) is 23.2 Å². The van der Waals surface area contributed by atoms with Crippen molar-refractivity contribution in [2.45, 2.75) is 27.7 Å². The van der Waals surface area contributed by atoms with Crippen molar-refractivity contribution in [2.24, 2.45) is 0 Å². The first-order valence-electron chi connectivity index (χ1n) is 10.2. The summed E-state index contributed by atoms with van der Waals surface area (Å²) in [6, 6.07) is 20.5. The molecule has 0 aliphatic heterocycles. The van der Waals surface area contributed by atoms with E-state index in [9.17, 15) is 9.59 Å². The van der Waals surface area contributed by atoms with Crippen LogP contribution in [0.25, 0.3) is 0 Å². The van der Waals surface area contributed by atoms with E-state index in [1.165, 1.54) is 0 Å². The van der Waals surface area contributed by atoms with E-state index < -0.39 is 0 Å². The number of rotatable bonds is 6. The summed E-state index contributed by atoms with van der Waals surface area (Å²) < 4.78 is 0. The molecule has 0 spiro atoms. The highest BCUT2D eigenvalue weighted by atomic mass is 16.2. The summed E-state index contributed by atoms with van der Waals surface area (Å²) in [6.07, 6.45) is 0. The van der Waals surface area contributed by atoms with Gasteiger partial charge in [0.1, 0.15) is 11.4 Å². The fourth-order valence-electron chi connectivity index (χ4n) is 3.53. The molecule has 1 heterocycles. The highest BCUT2D eigenvalue weighted by Gasteiger charge is 2.23. The molecule has 0 radical (unpaired) electrons. The molecule has 0 saturated carbocycles. The third kappa shape index (κ3) is 4.25. The summed E-state index contributed by atoms with van der Waals surface area (Å²) >= 11 is 0. The van der Waals surface area contributed by atoms with Crippen molar-refractivity contribution in [3.63, 3.8) is 0 Å². The quantitative estimate of drug-likeness (QED) is 0.582. The number of hydrogen-bond donors (Lipinski definition) is 0. The zero-order valence-corrected chi connectivity index (χ0v) is 17.9. The molecule has 2 aromatic carbocycles. The highest BCUT2D eigenvalue weighted by molar-refractivity contribution is 6.08. The summed E-state index contributed by atoms with van der Waals surface area (Å²) in [5.74, 6) is -0.444. The zero-order chi connectivity index (χ0) is 21.7. The Hall–Kier alpha value is -3.47. The Morgan fingerprint density at radius 1 is 0.667 bits per heavy atom. The number of carbonyl (C=O) groups is 2. The summed E-state index contributed by atoms with van der Waals surface area (Å²) in [5, 5.41) is 0. The molecule has 0 aliphatic rings. The second-order valence-corrected chi connectivity index (χ2v) is 7.08. The fourth-order valence-corrected chi connectivity index (χ4v) is 3.53. The number of pyridine rings is 1. The smallest absolute Gasteiger partial charge is 0.276 e. The van der Waals surface area contributed by atoms with Crippen LogP contribution in [0.5, 0.6) is 0 Å². The van der Waals surface area contributed by atoms with Gasteiger partial charge in [-0.1, -0.05) is 42.5 Å². The Balaban J connectivity index is 1.93. The van der Waals surface area contributed by atoms with Gasteiger partial charge in [-0.3, -0.25) is 9.59 Å². The van der Waals surface area contributed by atoms with Crippen molar-refractivity contribution in [2.75, 3.05) is 22.9 Å². The van der Waals surface area contributed by atoms with Crippen molar-refractivity contribution >= 4 is 23.2 Å². The molecular weight excluding hydrogens is 374 g/mol. The summed E-state index contributed by atoms with van der Waals surface area (Å²) in [7, 11) is 0. The monoisotopic (exact) mass is 401 g/mol. The standard InChI is InChI=1S/C25H27N3O2/c1-5-27(22-16-9-7-12-18(22)3)24(29)20-14-11-15-21(26-20)25(30)28(6-2)23-17-10-8-13-19(23)4/h7-17H,5-6H2,1-4H3. The molecule has 1 aromatic heterocycles. The van der Waals surface area contributed by atoms with Gasteiger partial charge in [0.15, 0.2) is 0 Å². The number of carbonyl (C=O) groups excluding carboxylic acids is 2.